The zero-order chi connectivity index (χ0) is 13.1. The van der Waals surface area contributed by atoms with Crippen LogP contribution in [0.25, 0.3) is 33.5 Å². The van der Waals surface area contributed by atoms with Crippen molar-refractivity contribution in [2.75, 3.05) is 0 Å². The van der Waals surface area contributed by atoms with E-state index in [0.29, 0.717) is 0 Å². The number of benzene rings is 3. The minimum Gasteiger partial charge on any atom is -0.0763 e. The van der Waals surface area contributed by atoms with Gasteiger partial charge in [-0.3, -0.25) is 0 Å². The second-order valence-corrected chi connectivity index (χ2v) is 5.70. The van der Waals surface area contributed by atoms with Gasteiger partial charge < -0.3 is 0 Å². The molecule has 5 rings (SSSR count). The third kappa shape index (κ3) is 1.17. The van der Waals surface area contributed by atoms with Crippen LogP contribution in [0.2, 0.25) is 0 Å². The summed E-state index contributed by atoms with van der Waals surface area (Å²) in [5, 5.41) is 5.67. The molecular weight excluding hydrogens is 240 g/mol. The van der Waals surface area contributed by atoms with Crippen LogP contribution in [0.3, 0.4) is 0 Å². The minimum absolute atomic E-state index is 1.16. The summed E-state index contributed by atoms with van der Waals surface area (Å²) in [6.45, 7) is 0. The Labute approximate surface area is 117 Å². The molecule has 0 heteroatoms. The van der Waals surface area contributed by atoms with Gasteiger partial charge in [-0.05, 0) is 56.3 Å². The van der Waals surface area contributed by atoms with Crippen molar-refractivity contribution in [3.05, 3.63) is 70.6 Å². The maximum absolute atomic E-state index is 2.39. The van der Waals surface area contributed by atoms with Crippen LogP contribution >= 0.6 is 0 Å². The van der Waals surface area contributed by atoms with Gasteiger partial charge in [0, 0.05) is 0 Å². The van der Waals surface area contributed by atoms with E-state index >= 15 is 0 Å². The molecule has 0 aromatic heterocycles. The maximum atomic E-state index is 2.39. The lowest BCUT2D eigenvalue weighted by molar-refractivity contribution is 1.09. The summed E-state index contributed by atoms with van der Waals surface area (Å²) in [6.07, 6.45) is 4.72. The Morgan fingerprint density at radius 2 is 1.70 bits per heavy atom. The van der Waals surface area contributed by atoms with Crippen LogP contribution in [0.1, 0.15) is 18.4 Å². The van der Waals surface area contributed by atoms with E-state index in [1.165, 1.54) is 44.3 Å². The first-order valence-corrected chi connectivity index (χ1v) is 7.28. The Hall–Kier alpha value is -2.34. The molecule has 0 saturated carbocycles. The van der Waals surface area contributed by atoms with Gasteiger partial charge in [0.05, 0.1) is 0 Å². The molecule has 0 spiro atoms. The monoisotopic (exact) mass is 254 g/mol. The van der Waals surface area contributed by atoms with Gasteiger partial charge in [-0.1, -0.05) is 60.7 Å². The van der Waals surface area contributed by atoms with Crippen molar-refractivity contribution in [1.82, 2.24) is 0 Å². The molecule has 0 nitrogen and oxygen atoms in total. The summed E-state index contributed by atoms with van der Waals surface area (Å²) in [6, 6.07) is 20.1. The van der Waals surface area contributed by atoms with Gasteiger partial charge in [0.25, 0.3) is 0 Å². The summed E-state index contributed by atoms with van der Waals surface area (Å²) >= 11 is 0. The molecule has 0 heterocycles. The summed E-state index contributed by atoms with van der Waals surface area (Å²) in [5.41, 5.74) is 5.89. The Morgan fingerprint density at radius 1 is 0.750 bits per heavy atom. The summed E-state index contributed by atoms with van der Waals surface area (Å²) in [7, 11) is 0. The molecule has 3 aromatic carbocycles. The molecule has 2 aliphatic carbocycles. The van der Waals surface area contributed by atoms with E-state index in [2.05, 4.69) is 60.7 Å². The largest absolute Gasteiger partial charge is 0.0763 e. The minimum atomic E-state index is 1.16. The molecule has 0 aliphatic heterocycles. The lowest BCUT2D eigenvalue weighted by Crippen LogP contribution is -2.28. The number of hydrogen-bond donors (Lipinski definition) is 0. The van der Waals surface area contributed by atoms with E-state index in [9.17, 15) is 0 Å². The molecule has 0 fully saturated rings. The predicted molar refractivity (Wildman–Crippen MR) is 84.8 cm³/mol. The zero-order valence-electron chi connectivity index (χ0n) is 11.2. The molecule has 3 aromatic rings. The Bertz CT molecular complexity index is 990. The van der Waals surface area contributed by atoms with E-state index in [-0.39, 0.29) is 0 Å². The average molecular weight is 254 g/mol. The molecule has 0 radical (unpaired) electrons. The van der Waals surface area contributed by atoms with Crippen LogP contribution in [0, 0.1) is 0 Å². The van der Waals surface area contributed by atoms with Gasteiger partial charge in [0.2, 0.25) is 0 Å². The van der Waals surface area contributed by atoms with Crippen LogP contribution in [0.4, 0.5) is 0 Å². The highest BCUT2D eigenvalue weighted by molar-refractivity contribution is 6.04. The van der Waals surface area contributed by atoms with Gasteiger partial charge in [0.15, 0.2) is 0 Å². The highest BCUT2D eigenvalue weighted by atomic mass is 14.3. The summed E-state index contributed by atoms with van der Waals surface area (Å²) < 4.78 is 0. The molecule has 2 aliphatic rings. The topological polar surface area (TPSA) is 0 Å². The average Bonchev–Trinajstić information content (AvgIpc) is 2.85. The highest BCUT2D eigenvalue weighted by Gasteiger charge is 2.23. The first kappa shape index (κ1) is 10.4. The quantitative estimate of drug-likeness (QED) is 0.575. The predicted octanol–water partition coefficient (Wildman–Crippen LogP) is 3.59. The van der Waals surface area contributed by atoms with Gasteiger partial charge in [-0.15, -0.1) is 0 Å². The maximum Gasteiger partial charge on any atom is -0.00605 e. The van der Waals surface area contributed by atoms with E-state index in [1.807, 2.05) is 0 Å². The summed E-state index contributed by atoms with van der Waals surface area (Å²) in [5.74, 6) is 0. The fraction of sp³-hybridized carbons (Fsp3) is 0.100. The van der Waals surface area contributed by atoms with Crippen LogP contribution in [-0.2, 0) is 0 Å². The van der Waals surface area contributed by atoms with Crippen molar-refractivity contribution in [2.45, 2.75) is 12.8 Å². The van der Waals surface area contributed by atoms with Crippen LogP contribution in [0.5, 0.6) is 0 Å². The second-order valence-electron chi connectivity index (χ2n) is 5.70. The fourth-order valence-electron chi connectivity index (χ4n) is 3.87. The normalized spacial score (nSPS) is 14.9. The van der Waals surface area contributed by atoms with Gasteiger partial charge in [0.1, 0.15) is 0 Å². The highest BCUT2D eigenvalue weighted by Crippen LogP contribution is 2.39. The Morgan fingerprint density at radius 3 is 2.70 bits per heavy atom. The molecule has 0 N–H and O–H groups in total. The van der Waals surface area contributed by atoms with Crippen LogP contribution in [-0.4, -0.2) is 0 Å². The molecule has 0 saturated heterocycles. The van der Waals surface area contributed by atoms with E-state index in [4.69, 9.17) is 0 Å². The first-order chi connectivity index (χ1) is 9.93. The van der Waals surface area contributed by atoms with Crippen molar-refractivity contribution in [3.63, 3.8) is 0 Å². The Kier molecular flexibility index (Phi) is 1.88. The summed E-state index contributed by atoms with van der Waals surface area (Å²) in [4.78, 5) is 0. The van der Waals surface area contributed by atoms with Gasteiger partial charge in [-0.25, -0.2) is 0 Å². The zero-order valence-corrected chi connectivity index (χ0v) is 11.2. The third-order valence-corrected chi connectivity index (χ3v) is 4.68. The molecule has 0 amide bonds. The van der Waals surface area contributed by atoms with Gasteiger partial charge >= 0.3 is 0 Å². The first-order valence-electron chi connectivity index (χ1n) is 7.28. The molecule has 0 atom stereocenters. The molecule has 20 heavy (non-hydrogen) atoms. The van der Waals surface area contributed by atoms with Crippen LogP contribution in [0.15, 0.2) is 54.6 Å². The molecule has 94 valence electrons. The molecule has 0 bridgehead atoms. The number of fused-ring (bicyclic) bond motifs is 5. The third-order valence-electron chi connectivity index (χ3n) is 4.68. The lowest BCUT2D eigenvalue weighted by atomic mass is 9.93. The van der Waals surface area contributed by atoms with E-state index in [0.717, 1.165) is 6.42 Å². The van der Waals surface area contributed by atoms with Gasteiger partial charge in [-0.2, -0.15) is 0 Å². The van der Waals surface area contributed by atoms with Crippen molar-refractivity contribution in [1.29, 1.82) is 0 Å². The van der Waals surface area contributed by atoms with E-state index in [1.54, 1.807) is 5.57 Å². The number of hydrogen-bond acceptors (Lipinski definition) is 0. The van der Waals surface area contributed by atoms with Crippen molar-refractivity contribution >= 4 is 22.4 Å². The SMILES string of the molecule is C1=c2cccc3c2=C(CC1)c1c-3ccc2ccccc12. The second kappa shape index (κ2) is 3.61. The molecular formula is C20H14. The smallest absolute Gasteiger partial charge is 0.00605 e. The molecule has 0 unspecified atom stereocenters. The van der Waals surface area contributed by atoms with E-state index < -0.39 is 0 Å². The Balaban J connectivity index is 2.07. The standard InChI is InChI=1S/C20H14/c1-2-8-15-13(5-1)11-12-17-16-9-3-6-14-7-4-10-18(19(14)16)20(15)17/h1-3,5-9,11-12H,4,10H2. The van der Waals surface area contributed by atoms with Crippen molar-refractivity contribution < 1.29 is 0 Å². The van der Waals surface area contributed by atoms with Crippen molar-refractivity contribution in [2.24, 2.45) is 0 Å². The lowest BCUT2D eigenvalue weighted by Gasteiger charge is -2.11. The van der Waals surface area contributed by atoms with Crippen molar-refractivity contribution in [3.8, 4) is 11.1 Å². The fourth-order valence-corrected chi connectivity index (χ4v) is 3.87. The number of rotatable bonds is 0. The van der Waals surface area contributed by atoms with Crippen LogP contribution < -0.4 is 10.4 Å².